The maximum Gasteiger partial charge on any atom is 0.241 e. The summed E-state index contributed by atoms with van der Waals surface area (Å²) in [6.45, 7) is 2.63. The fourth-order valence-corrected chi connectivity index (χ4v) is 4.40. The Morgan fingerprint density at radius 3 is 3.00 bits per heavy atom. The number of benzene rings is 1. The number of carbonyl (C=O) groups is 1. The molecule has 21 heavy (non-hydrogen) atoms. The minimum Gasteiger partial charge on any atom is -0.320 e. The van der Waals surface area contributed by atoms with Crippen LogP contribution in [0.25, 0.3) is 0 Å². The van der Waals surface area contributed by atoms with E-state index in [1.165, 1.54) is 37.1 Å². The van der Waals surface area contributed by atoms with Crippen molar-refractivity contribution in [3.05, 3.63) is 35.6 Å². The van der Waals surface area contributed by atoms with Crippen molar-refractivity contribution in [1.29, 1.82) is 0 Å². The Balaban J connectivity index is 1.78. The third-order valence-corrected chi connectivity index (χ3v) is 5.59. The maximum absolute atomic E-state index is 13.5. The van der Waals surface area contributed by atoms with E-state index in [1.807, 2.05) is 29.7 Å². The summed E-state index contributed by atoms with van der Waals surface area (Å²) in [6.07, 6.45) is 3.48. The van der Waals surface area contributed by atoms with Crippen LogP contribution in [-0.2, 0) is 4.79 Å². The van der Waals surface area contributed by atoms with Gasteiger partial charge in [0.2, 0.25) is 5.91 Å². The van der Waals surface area contributed by atoms with Crippen LogP contribution < -0.4 is 5.32 Å². The fraction of sp³-hybridized carbons (Fsp3) is 0.562. The topological polar surface area (TPSA) is 32.3 Å². The van der Waals surface area contributed by atoms with Gasteiger partial charge in [-0.25, -0.2) is 4.39 Å². The third kappa shape index (κ3) is 3.24. The quantitative estimate of drug-likeness (QED) is 0.932. The lowest BCUT2D eigenvalue weighted by atomic mass is 10.1. The standard InChI is InChI=1S/C16H21FN2OS/c1-11-16(20)19(10-14-7-2-3-8-21-14)15(18-11)12-5-4-6-13(17)9-12/h4-6,9,11,14-15,18H,2-3,7-8,10H2,1H3. The second kappa shape index (κ2) is 6.36. The number of nitrogens with zero attached hydrogens (tertiary/aromatic N) is 1. The molecule has 2 saturated heterocycles. The zero-order chi connectivity index (χ0) is 14.8. The van der Waals surface area contributed by atoms with Crippen LogP contribution in [0, 0.1) is 5.82 Å². The van der Waals surface area contributed by atoms with Crippen LogP contribution in [0.1, 0.15) is 37.9 Å². The first-order valence-electron chi connectivity index (χ1n) is 7.59. The summed E-state index contributed by atoms with van der Waals surface area (Å²) in [7, 11) is 0. The van der Waals surface area contributed by atoms with E-state index in [9.17, 15) is 9.18 Å². The predicted molar refractivity (Wildman–Crippen MR) is 83.5 cm³/mol. The molecule has 1 aromatic carbocycles. The van der Waals surface area contributed by atoms with Gasteiger partial charge in [0.15, 0.2) is 0 Å². The number of carbonyl (C=O) groups excluding carboxylic acids is 1. The van der Waals surface area contributed by atoms with E-state index in [4.69, 9.17) is 0 Å². The molecule has 0 aliphatic carbocycles. The average molecular weight is 308 g/mol. The average Bonchev–Trinajstić information content (AvgIpc) is 2.77. The number of nitrogens with one attached hydrogen (secondary N) is 1. The van der Waals surface area contributed by atoms with Crippen LogP contribution in [0.4, 0.5) is 4.39 Å². The SMILES string of the molecule is CC1NC(c2cccc(F)c2)N(CC2CCCCS2)C1=O. The van der Waals surface area contributed by atoms with E-state index >= 15 is 0 Å². The highest BCUT2D eigenvalue weighted by Gasteiger charge is 2.38. The van der Waals surface area contributed by atoms with Crippen molar-refractivity contribution in [2.45, 2.75) is 43.6 Å². The number of hydrogen-bond donors (Lipinski definition) is 1. The first kappa shape index (κ1) is 14.9. The van der Waals surface area contributed by atoms with Gasteiger partial charge in [0, 0.05) is 11.8 Å². The van der Waals surface area contributed by atoms with Gasteiger partial charge in [-0.1, -0.05) is 18.6 Å². The molecule has 1 aromatic rings. The number of halogens is 1. The van der Waals surface area contributed by atoms with E-state index in [-0.39, 0.29) is 23.9 Å². The molecule has 3 atom stereocenters. The molecule has 2 fully saturated rings. The molecule has 3 nitrogen and oxygen atoms in total. The summed E-state index contributed by atoms with van der Waals surface area (Å²) in [5, 5.41) is 3.79. The van der Waals surface area contributed by atoms with Crippen molar-refractivity contribution in [2.75, 3.05) is 12.3 Å². The van der Waals surface area contributed by atoms with Gasteiger partial charge in [-0.2, -0.15) is 11.8 Å². The summed E-state index contributed by atoms with van der Waals surface area (Å²) in [4.78, 5) is 14.3. The molecular formula is C16H21FN2OS. The lowest BCUT2D eigenvalue weighted by Crippen LogP contribution is -2.37. The largest absolute Gasteiger partial charge is 0.320 e. The van der Waals surface area contributed by atoms with Crippen molar-refractivity contribution < 1.29 is 9.18 Å². The molecule has 0 aromatic heterocycles. The normalized spacial score (nSPS) is 29.9. The molecule has 0 saturated carbocycles. The summed E-state index contributed by atoms with van der Waals surface area (Å²) in [5.41, 5.74) is 0.827. The molecule has 0 radical (unpaired) electrons. The molecule has 2 aliphatic rings. The zero-order valence-electron chi connectivity index (χ0n) is 12.2. The molecule has 5 heteroatoms. The van der Waals surface area contributed by atoms with E-state index in [0.717, 1.165) is 12.1 Å². The molecule has 0 bridgehead atoms. The Labute approximate surface area is 129 Å². The molecule has 114 valence electrons. The maximum atomic E-state index is 13.5. The molecule has 0 spiro atoms. The number of thioether (sulfide) groups is 1. The zero-order valence-corrected chi connectivity index (χ0v) is 13.0. The number of hydrogen-bond acceptors (Lipinski definition) is 3. The minimum absolute atomic E-state index is 0.121. The first-order valence-corrected chi connectivity index (χ1v) is 8.63. The molecule has 1 N–H and O–H groups in total. The van der Waals surface area contributed by atoms with Crippen molar-refractivity contribution in [3.63, 3.8) is 0 Å². The highest BCUT2D eigenvalue weighted by Crippen LogP contribution is 2.31. The van der Waals surface area contributed by atoms with Gasteiger partial charge in [0.05, 0.1) is 6.04 Å². The Hall–Kier alpha value is -1.07. The van der Waals surface area contributed by atoms with Gasteiger partial charge in [-0.15, -0.1) is 0 Å². The van der Waals surface area contributed by atoms with Gasteiger partial charge < -0.3 is 4.90 Å². The van der Waals surface area contributed by atoms with Crippen LogP contribution in [0.2, 0.25) is 0 Å². The monoisotopic (exact) mass is 308 g/mol. The van der Waals surface area contributed by atoms with Crippen LogP contribution in [0.3, 0.4) is 0 Å². The lowest BCUT2D eigenvalue weighted by molar-refractivity contribution is -0.129. The predicted octanol–water partition coefficient (Wildman–Crippen LogP) is 2.93. The fourth-order valence-electron chi connectivity index (χ4n) is 3.09. The Kier molecular flexibility index (Phi) is 4.50. The third-order valence-electron chi connectivity index (χ3n) is 4.21. The number of rotatable bonds is 3. The van der Waals surface area contributed by atoms with Gasteiger partial charge in [0.25, 0.3) is 0 Å². The van der Waals surface area contributed by atoms with Crippen molar-refractivity contribution in [3.8, 4) is 0 Å². The van der Waals surface area contributed by atoms with E-state index in [1.54, 1.807) is 6.07 Å². The summed E-state index contributed by atoms with van der Waals surface area (Å²) in [6, 6.07) is 6.34. The van der Waals surface area contributed by atoms with Crippen molar-refractivity contribution >= 4 is 17.7 Å². The summed E-state index contributed by atoms with van der Waals surface area (Å²) >= 11 is 1.96. The summed E-state index contributed by atoms with van der Waals surface area (Å²) < 4.78 is 13.5. The van der Waals surface area contributed by atoms with Crippen LogP contribution >= 0.6 is 11.8 Å². The van der Waals surface area contributed by atoms with E-state index in [2.05, 4.69) is 5.32 Å². The van der Waals surface area contributed by atoms with E-state index < -0.39 is 0 Å². The highest BCUT2D eigenvalue weighted by atomic mass is 32.2. The molecular weight excluding hydrogens is 287 g/mol. The first-order chi connectivity index (χ1) is 10.1. The van der Waals surface area contributed by atoms with Gasteiger partial charge >= 0.3 is 0 Å². The second-order valence-electron chi connectivity index (χ2n) is 5.83. The Bertz CT molecular complexity index is 519. The van der Waals surface area contributed by atoms with Crippen LogP contribution in [-0.4, -0.2) is 34.4 Å². The Morgan fingerprint density at radius 2 is 2.29 bits per heavy atom. The molecule has 2 heterocycles. The van der Waals surface area contributed by atoms with Crippen molar-refractivity contribution in [1.82, 2.24) is 10.2 Å². The van der Waals surface area contributed by atoms with Gasteiger partial charge in [-0.05, 0) is 43.2 Å². The van der Waals surface area contributed by atoms with Gasteiger partial charge in [-0.3, -0.25) is 10.1 Å². The summed E-state index contributed by atoms with van der Waals surface area (Å²) in [5.74, 6) is 1.05. The molecule has 2 aliphatic heterocycles. The van der Waals surface area contributed by atoms with Crippen LogP contribution in [0.15, 0.2) is 24.3 Å². The van der Waals surface area contributed by atoms with Crippen LogP contribution in [0.5, 0.6) is 0 Å². The lowest BCUT2D eigenvalue weighted by Gasteiger charge is -2.30. The number of amides is 1. The second-order valence-corrected chi connectivity index (χ2v) is 7.23. The minimum atomic E-state index is -0.256. The van der Waals surface area contributed by atoms with Gasteiger partial charge in [0.1, 0.15) is 12.0 Å². The Morgan fingerprint density at radius 1 is 1.43 bits per heavy atom. The molecule has 3 unspecified atom stereocenters. The van der Waals surface area contributed by atoms with E-state index in [0.29, 0.717) is 5.25 Å². The molecule has 1 amide bonds. The molecule has 3 rings (SSSR count). The smallest absolute Gasteiger partial charge is 0.241 e. The van der Waals surface area contributed by atoms with Crippen molar-refractivity contribution in [2.24, 2.45) is 0 Å². The highest BCUT2D eigenvalue weighted by molar-refractivity contribution is 7.99.